The van der Waals surface area contributed by atoms with Gasteiger partial charge in [-0.1, -0.05) is 67.7 Å². The van der Waals surface area contributed by atoms with Crippen LogP contribution in [0.25, 0.3) is 0 Å². The van der Waals surface area contributed by atoms with Crippen LogP contribution in [0.15, 0.2) is 77.3 Å². The SMILES string of the molecule is CC1CCc2cc3ccc2C1CC(S(=O)(=O)[O-])C1C=C2CC(CC4CC(CO)CC#Cc5cc(O)ccc5C2O4)C1c1ccc(cc1)C(N=C(N)N)(C1CCC2CCCC2(O)C1CCO)O3.[Na+]. The molecule has 3 aromatic rings. The van der Waals surface area contributed by atoms with Crippen molar-refractivity contribution in [3.8, 4) is 23.3 Å². The third-order valence-corrected chi connectivity index (χ3v) is 18.5. The van der Waals surface area contributed by atoms with E-state index < -0.39 is 50.6 Å². The number of aliphatic imine (C=N–C) groups is 1. The van der Waals surface area contributed by atoms with Crippen LogP contribution in [0.5, 0.6) is 11.5 Å². The zero-order chi connectivity index (χ0) is 46.1. The Bertz CT molecular complexity index is 2570. The number of fused-ring (bicyclic) bond motifs is 10. The van der Waals surface area contributed by atoms with Crippen LogP contribution >= 0.6 is 0 Å². The topological polar surface area (TPSA) is 221 Å². The van der Waals surface area contributed by atoms with Crippen molar-refractivity contribution in [2.45, 2.75) is 131 Å². The molecule has 0 spiro atoms. The van der Waals surface area contributed by atoms with Gasteiger partial charge in [-0.25, -0.2) is 13.4 Å². The minimum absolute atomic E-state index is 0. The van der Waals surface area contributed by atoms with E-state index in [1.807, 2.05) is 54.6 Å². The molecule has 5 heterocycles. The number of guanidine groups is 1. The summed E-state index contributed by atoms with van der Waals surface area (Å²) in [5.74, 6) is 4.54. The molecule has 4 aliphatic carbocycles. The molecule has 12 rings (SSSR count). The van der Waals surface area contributed by atoms with Crippen molar-refractivity contribution >= 4 is 16.1 Å². The van der Waals surface area contributed by atoms with Crippen molar-refractivity contribution in [3.05, 3.63) is 106 Å². The van der Waals surface area contributed by atoms with Gasteiger partial charge in [0.05, 0.1) is 27.1 Å². The van der Waals surface area contributed by atoms with Gasteiger partial charge in [-0.05, 0) is 165 Å². The van der Waals surface area contributed by atoms with Crippen LogP contribution in [0.1, 0.15) is 135 Å². The summed E-state index contributed by atoms with van der Waals surface area (Å²) in [6.07, 6.45) is 9.00. The molecule has 67 heavy (non-hydrogen) atoms. The van der Waals surface area contributed by atoms with Gasteiger partial charge in [0, 0.05) is 42.2 Å². The minimum atomic E-state index is -4.91. The second-order valence-corrected chi connectivity index (χ2v) is 22.4. The summed E-state index contributed by atoms with van der Waals surface area (Å²) in [4.78, 5) is 5.06. The van der Waals surface area contributed by atoms with Crippen molar-refractivity contribution in [2.24, 2.45) is 57.9 Å². The number of aliphatic hydroxyl groups is 3. The third kappa shape index (κ3) is 8.91. The zero-order valence-corrected chi connectivity index (χ0v) is 41.5. The van der Waals surface area contributed by atoms with Crippen molar-refractivity contribution in [1.82, 2.24) is 0 Å². The van der Waals surface area contributed by atoms with E-state index in [1.54, 1.807) is 12.1 Å². The van der Waals surface area contributed by atoms with Crippen LogP contribution < -0.4 is 45.8 Å². The van der Waals surface area contributed by atoms with E-state index in [0.717, 1.165) is 59.9 Å². The third-order valence-electron chi connectivity index (χ3n) is 17.2. The fourth-order valence-corrected chi connectivity index (χ4v) is 15.3. The summed E-state index contributed by atoms with van der Waals surface area (Å²) in [7, 11) is -4.91. The predicted octanol–water partition coefficient (Wildman–Crippen LogP) is 3.75. The fourth-order valence-electron chi connectivity index (χ4n) is 14.3. The quantitative estimate of drug-likeness (QED) is 0.0522. The van der Waals surface area contributed by atoms with E-state index in [9.17, 15) is 33.4 Å². The second-order valence-electron chi connectivity index (χ2n) is 20.8. The van der Waals surface area contributed by atoms with Crippen molar-refractivity contribution in [2.75, 3.05) is 13.2 Å². The van der Waals surface area contributed by atoms with Crippen molar-refractivity contribution < 1.29 is 72.4 Å². The largest absolute Gasteiger partial charge is 1.00 e. The molecule has 14 heteroatoms. The Morgan fingerprint density at radius 1 is 0.985 bits per heavy atom. The smallest absolute Gasteiger partial charge is 0.748 e. The number of aliphatic hydroxyl groups excluding tert-OH is 2. The maximum atomic E-state index is 14.1. The molecule has 1 saturated heterocycles. The molecule has 14 unspecified atom stereocenters. The summed E-state index contributed by atoms with van der Waals surface area (Å²) in [5, 5.41) is 43.1. The van der Waals surface area contributed by atoms with Crippen LogP contribution in [0, 0.1) is 53.3 Å². The Kier molecular flexibility index (Phi) is 13.8. The van der Waals surface area contributed by atoms with Crippen LogP contribution in [0.3, 0.4) is 0 Å². The maximum absolute atomic E-state index is 14.1. The van der Waals surface area contributed by atoms with Crippen molar-refractivity contribution in [1.29, 1.82) is 0 Å². The van der Waals surface area contributed by atoms with E-state index in [-0.39, 0.29) is 103 Å². The number of nitrogens with two attached hydrogens (primary N) is 2. The van der Waals surface area contributed by atoms with Crippen LogP contribution in [-0.4, -0.2) is 69.5 Å². The second kappa shape index (κ2) is 19.1. The van der Waals surface area contributed by atoms with Gasteiger partial charge in [0.25, 0.3) is 0 Å². The minimum Gasteiger partial charge on any atom is -0.748 e. The molecule has 2 saturated carbocycles. The van der Waals surface area contributed by atoms with E-state index >= 15 is 0 Å². The molecule has 3 aromatic carbocycles. The number of allylic oxidation sites excluding steroid dienone is 1. The molecule has 352 valence electrons. The number of hydrogen-bond donors (Lipinski definition) is 6. The molecular weight excluding hydrogens is 878 g/mol. The Morgan fingerprint density at radius 3 is 2.52 bits per heavy atom. The number of benzene rings is 3. The van der Waals surface area contributed by atoms with E-state index in [1.165, 1.54) is 0 Å². The van der Waals surface area contributed by atoms with E-state index in [0.29, 0.717) is 61.8 Å². The molecule has 5 aliphatic heterocycles. The van der Waals surface area contributed by atoms with Gasteiger partial charge in [0.15, 0.2) is 5.96 Å². The monoisotopic (exact) mass is 941 g/mol. The molecule has 9 aliphatic rings. The van der Waals surface area contributed by atoms with Crippen LogP contribution in [0.4, 0.5) is 0 Å². The zero-order valence-electron chi connectivity index (χ0n) is 38.7. The first-order chi connectivity index (χ1) is 31.7. The first kappa shape index (κ1) is 48.6. The van der Waals surface area contributed by atoms with Gasteiger partial charge in [-0.15, -0.1) is 0 Å². The van der Waals surface area contributed by atoms with Gasteiger partial charge in [0.1, 0.15) is 17.6 Å². The van der Waals surface area contributed by atoms with Crippen molar-refractivity contribution in [3.63, 3.8) is 0 Å². The molecule has 0 amide bonds. The molecule has 0 aromatic heterocycles. The number of phenolic OH excluding ortho intramolecular Hbond substituents is 1. The normalized spacial score (nSPS) is 36.3. The Morgan fingerprint density at radius 2 is 1.78 bits per heavy atom. The number of ether oxygens (including phenoxy) is 2. The molecule has 14 atom stereocenters. The summed E-state index contributed by atoms with van der Waals surface area (Å²) in [6.45, 7) is 1.94. The van der Waals surface area contributed by atoms with Gasteiger partial charge in [-0.2, -0.15) is 0 Å². The van der Waals surface area contributed by atoms with Gasteiger partial charge in [0.2, 0.25) is 5.72 Å². The summed E-state index contributed by atoms with van der Waals surface area (Å²) >= 11 is 0. The molecular formula is C53H64N3NaO9S. The summed E-state index contributed by atoms with van der Waals surface area (Å²) in [5.41, 5.74) is 16.1. The maximum Gasteiger partial charge on any atom is 1.00 e. The standard InChI is InChI=1S/C53H65N3O9S.Na/c1-30-7-8-34-25-40-15-17-42(34)44(30)28-48(66(61,62)63)45-27-36-23-35(26-41-22-31(29-58)4-2-5-33-24-39(59)14-16-43(33)50(36)64-41)49(45)32-9-11-38(12-10-32)53(65-40,56-51(54)55)47-18-13-37-6-3-20-52(37,60)46(47)19-21-57;/h9-12,14-17,24-25,27,30-31,35,37,41,44-50,57-60H,3-4,6-8,13,18-23,26,28-29H2,1H3,(H4,54,55,56)(H,61,62,63);/q;+1/p-1. The number of aromatic hydroxyl groups is 1. The molecule has 3 fully saturated rings. The predicted molar refractivity (Wildman–Crippen MR) is 249 cm³/mol. The van der Waals surface area contributed by atoms with E-state index in [4.69, 9.17) is 25.9 Å². The Balaban J connectivity index is 0.00000562. The summed E-state index contributed by atoms with van der Waals surface area (Å²) < 4.78 is 56.8. The fraction of sp³-hybridized carbons (Fsp3) is 0.566. The van der Waals surface area contributed by atoms with Gasteiger partial charge >= 0.3 is 29.6 Å². The number of rotatable bonds is 6. The first-order valence-corrected chi connectivity index (χ1v) is 25.8. The first-order valence-electron chi connectivity index (χ1n) is 24.3. The van der Waals surface area contributed by atoms with E-state index in [2.05, 4.69) is 18.8 Å². The number of phenols is 1. The molecule has 12 nitrogen and oxygen atoms in total. The number of aryl methyl sites for hydroxylation is 1. The number of hydrogen-bond acceptors (Lipinski definition) is 10. The van der Waals surface area contributed by atoms with Crippen LogP contribution in [0.2, 0.25) is 0 Å². The average molecular weight is 942 g/mol. The average Bonchev–Trinajstić information content (AvgIpc) is 3.62. The molecule has 0 radical (unpaired) electrons. The number of nitrogens with zero attached hydrogens (tertiary/aromatic N) is 1. The Labute approximate surface area is 417 Å². The van der Waals surface area contributed by atoms with Gasteiger partial charge in [-0.3, -0.25) is 0 Å². The van der Waals surface area contributed by atoms with Crippen LogP contribution in [-0.2, 0) is 27.0 Å². The molecule has 8 N–H and O–H groups in total. The molecule has 10 bridgehead atoms. The Hall–Kier alpha value is -3.42. The summed E-state index contributed by atoms with van der Waals surface area (Å²) in [6, 6.07) is 19.0. The van der Waals surface area contributed by atoms with Gasteiger partial charge < -0.3 is 45.9 Å².